The van der Waals surface area contributed by atoms with Gasteiger partial charge in [-0.05, 0) is 49.1 Å². The van der Waals surface area contributed by atoms with Crippen LogP contribution in [0.25, 0.3) is 0 Å². The Bertz CT molecular complexity index is 1000. The Hall–Kier alpha value is -3.48. The molecule has 0 aliphatic carbocycles. The Labute approximate surface area is 181 Å². The first kappa shape index (κ1) is 22.2. The molecule has 31 heavy (non-hydrogen) atoms. The van der Waals surface area contributed by atoms with Crippen molar-refractivity contribution < 1.29 is 23.9 Å². The van der Waals surface area contributed by atoms with E-state index < -0.39 is 18.0 Å². The summed E-state index contributed by atoms with van der Waals surface area (Å²) in [4.78, 5) is 50.1. The van der Waals surface area contributed by atoms with Gasteiger partial charge in [0.25, 0.3) is 5.91 Å². The molecule has 1 aliphatic heterocycles. The lowest BCUT2D eigenvalue weighted by atomic mass is 9.97. The van der Waals surface area contributed by atoms with Crippen LogP contribution in [0, 0.1) is 0 Å². The number of amides is 3. The fourth-order valence-electron chi connectivity index (χ4n) is 3.41. The molecule has 1 N–H and O–H groups in total. The van der Waals surface area contributed by atoms with Crippen molar-refractivity contribution in [2.24, 2.45) is 0 Å². The normalized spacial score (nSPS) is 15.5. The summed E-state index contributed by atoms with van der Waals surface area (Å²) in [7, 11) is 0. The van der Waals surface area contributed by atoms with Gasteiger partial charge < -0.3 is 10.1 Å². The van der Waals surface area contributed by atoms with Crippen molar-refractivity contribution in [2.45, 2.75) is 52.1 Å². The van der Waals surface area contributed by atoms with Gasteiger partial charge >= 0.3 is 5.97 Å². The van der Waals surface area contributed by atoms with Gasteiger partial charge in [-0.15, -0.1) is 0 Å². The molecule has 2 atom stereocenters. The monoisotopic (exact) mass is 422 g/mol. The van der Waals surface area contributed by atoms with Crippen LogP contribution in [0.5, 0.6) is 0 Å². The van der Waals surface area contributed by atoms with Gasteiger partial charge in [-0.2, -0.15) is 0 Å². The average Bonchev–Trinajstić information content (AvgIpc) is 3.11. The SMILES string of the molecule is CC[C@@H](C)c1ccccc1NC(=O)[C@@H](C)OC(=O)c1cccc(N2C(=O)CCC2=O)c1. The Morgan fingerprint density at radius 1 is 1.03 bits per heavy atom. The maximum Gasteiger partial charge on any atom is 0.338 e. The summed E-state index contributed by atoms with van der Waals surface area (Å²) < 4.78 is 5.33. The highest BCUT2D eigenvalue weighted by Gasteiger charge is 2.31. The number of hydrogen-bond donors (Lipinski definition) is 1. The predicted molar refractivity (Wildman–Crippen MR) is 117 cm³/mol. The smallest absolute Gasteiger partial charge is 0.338 e. The molecule has 0 spiro atoms. The zero-order valence-corrected chi connectivity index (χ0v) is 17.9. The number of para-hydroxylation sites is 1. The van der Waals surface area contributed by atoms with E-state index in [1.807, 2.05) is 24.3 Å². The van der Waals surface area contributed by atoms with Gasteiger partial charge in [0.15, 0.2) is 6.10 Å². The summed E-state index contributed by atoms with van der Waals surface area (Å²) in [5.74, 6) is -1.48. The fourth-order valence-corrected chi connectivity index (χ4v) is 3.41. The summed E-state index contributed by atoms with van der Waals surface area (Å²) in [5, 5.41) is 2.84. The van der Waals surface area contributed by atoms with Gasteiger partial charge in [-0.3, -0.25) is 19.3 Å². The molecule has 1 fully saturated rings. The number of rotatable bonds is 7. The first-order chi connectivity index (χ1) is 14.8. The molecule has 7 nitrogen and oxygen atoms in total. The predicted octanol–water partition coefficient (Wildman–Crippen LogP) is 4.04. The average molecular weight is 422 g/mol. The minimum atomic E-state index is -1.03. The Morgan fingerprint density at radius 3 is 2.39 bits per heavy atom. The zero-order chi connectivity index (χ0) is 22.5. The van der Waals surface area contributed by atoms with Gasteiger partial charge in [0.05, 0.1) is 11.3 Å². The van der Waals surface area contributed by atoms with Gasteiger partial charge in [0.2, 0.25) is 11.8 Å². The number of carbonyl (C=O) groups excluding carboxylic acids is 4. The lowest BCUT2D eigenvalue weighted by Gasteiger charge is -2.18. The molecule has 1 saturated heterocycles. The van der Waals surface area contributed by atoms with Crippen molar-refractivity contribution in [1.29, 1.82) is 0 Å². The van der Waals surface area contributed by atoms with Crippen molar-refractivity contribution >= 4 is 35.1 Å². The highest BCUT2D eigenvalue weighted by Crippen LogP contribution is 2.27. The maximum absolute atomic E-state index is 12.6. The van der Waals surface area contributed by atoms with Crippen molar-refractivity contribution in [3.05, 3.63) is 59.7 Å². The largest absolute Gasteiger partial charge is 0.449 e. The minimum Gasteiger partial charge on any atom is -0.449 e. The van der Waals surface area contributed by atoms with Crippen molar-refractivity contribution in [2.75, 3.05) is 10.2 Å². The Balaban J connectivity index is 1.69. The standard InChI is InChI=1S/C24H26N2O5/c1-4-15(2)19-10-5-6-11-20(19)25-23(29)16(3)31-24(30)17-8-7-9-18(14-17)26-21(27)12-13-22(26)28/h5-11,14-16H,4,12-13H2,1-3H3,(H,25,29)/t15-,16-/m1/s1. The summed E-state index contributed by atoms with van der Waals surface area (Å²) in [6.07, 6.45) is 0.206. The number of nitrogens with zero attached hydrogens (tertiary/aromatic N) is 1. The van der Waals surface area contributed by atoms with E-state index in [1.165, 1.54) is 19.1 Å². The van der Waals surface area contributed by atoms with Crippen LogP contribution in [0.2, 0.25) is 0 Å². The van der Waals surface area contributed by atoms with Crippen LogP contribution in [-0.2, 0) is 19.1 Å². The summed E-state index contributed by atoms with van der Waals surface area (Å²) >= 11 is 0. The Morgan fingerprint density at radius 2 is 1.71 bits per heavy atom. The zero-order valence-electron chi connectivity index (χ0n) is 17.9. The van der Waals surface area contributed by atoms with Crippen LogP contribution in [0.3, 0.4) is 0 Å². The van der Waals surface area contributed by atoms with Crippen LogP contribution in [0.15, 0.2) is 48.5 Å². The second-order valence-electron chi connectivity index (χ2n) is 7.61. The van der Waals surface area contributed by atoms with E-state index in [0.717, 1.165) is 16.9 Å². The number of benzene rings is 2. The van der Waals surface area contributed by atoms with Gasteiger partial charge in [0.1, 0.15) is 0 Å². The van der Waals surface area contributed by atoms with E-state index in [-0.39, 0.29) is 36.1 Å². The highest BCUT2D eigenvalue weighted by molar-refractivity contribution is 6.20. The number of esters is 1. The van der Waals surface area contributed by atoms with E-state index >= 15 is 0 Å². The second-order valence-corrected chi connectivity index (χ2v) is 7.61. The molecule has 0 unspecified atom stereocenters. The van der Waals surface area contributed by atoms with Gasteiger partial charge in [-0.25, -0.2) is 4.79 Å². The van der Waals surface area contributed by atoms with Crippen LogP contribution < -0.4 is 10.2 Å². The summed E-state index contributed by atoms with van der Waals surface area (Å²) in [6, 6.07) is 13.6. The van der Waals surface area contributed by atoms with Crippen molar-refractivity contribution in [3.8, 4) is 0 Å². The third kappa shape index (κ3) is 4.99. The maximum atomic E-state index is 12.6. The lowest BCUT2D eigenvalue weighted by Crippen LogP contribution is -2.31. The van der Waals surface area contributed by atoms with E-state index in [4.69, 9.17) is 4.74 Å². The number of anilines is 2. The molecular weight excluding hydrogens is 396 g/mol. The van der Waals surface area contributed by atoms with Gasteiger partial charge in [-0.1, -0.05) is 38.1 Å². The first-order valence-corrected chi connectivity index (χ1v) is 10.4. The first-order valence-electron chi connectivity index (χ1n) is 10.4. The second kappa shape index (κ2) is 9.55. The van der Waals surface area contributed by atoms with Crippen LogP contribution in [0.4, 0.5) is 11.4 Å². The van der Waals surface area contributed by atoms with Crippen molar-refractivity contribution in [1.82, 2.24) is 0 Å². The van der Waals surface area contributed by atoms with E-state index in [9.17, 15) is 19.2 Å². The molecular formula is C24H26N2O5. The van der Waals surface area contributed by atoms with Crippen LogP contribution in [-0.4, -0.2) is 29.8 Å². The Kier molecular flexibility index (Phi) is 6.84. The van der Waals surface area contributed by atoms with Crippen LogP contribution in [0.1, 0.15) is 61.9 Å². The molecule has 2 aromatic carbocycles. The lowest BCUT2D eigenvalue weighted by molar-refractivity contribution is -0.124. The molecule has 7 heteroatoms. The number of imide groups is 1. The highest BCUT2D eigenvalue weighted by atomic mass is 16.5. The van der Waals surface area contributed by atoms with E-state index in [2.05, 4.69) is 19.2 Å². The van der Waals surface area contributed by atoms with Gasteiger partial charge in [0, 0.05) is 18.5 Å². The minimum absolute atomic E-state index is 0.156. The number of ether oxygens (including phenoxy) is 1. The molecule has 0 saturated carbocycles. The van der Waals surface area contributed by atoms with Crippen LogP contribution >= 0.6 is 0 Å². The number of hydrogen-bond acceptors (Lipinski definition) is 5. The quantitative estimate of drug-likeness (QED) is 0.537. The van der Waals surface area contributed by atoms with Crippen molar-refractivity contribution in [3.63, 3.8) is 0 Å². The van der Waals surface area contributed by atoms with E-state index in [0.29, 0.717) is 11.4 Å². The number of carbonyl (C=O) groups is 4. The third-order valence-corrected chi connectivity index (χ3v) is 5.41. The summed E-state index contributed by atoms with van der Waals surface area (Å²) in [5.41, 5.74) is 2.19. The topological polar surface area (TPSA) is 92.8 Å². The molecule has 1 aliphatic rings. The third-order valence-electron chi connectivity index (χ3n) is 5.41. The number of nitrogens with one attached hydrogen (secondary N) is 1. The molecule has 1 heterocycles. The summed E-state index contributed by atoms with van der Waals surface area (Å²) in [6.45, 7) is 5.65. The molecule has 0 aromatic heterocycles. The fraction of sp³-hybridized carbons (Fsp3) is 0.333. The molecule has 3 amide bonds. The molecule has 0 radical (unpaired) electrons. The molecule has 0 bridgehead atoms. The van der Waals surface area contributed by atoms with E-state index in [1.54, 1.807) is 12.1 Å². The molecule has 2 aromatic rings. The molecule has 3 rings (SSSR count). The molecule has 162 valence electrons.